The topological polar surface area (TPSA) is 101 Å². The summed E-state index contributed by atoms with van der Waals surface area (Å²) >= 11 is 0. The molecule has 2 aromatic rings. The smallest absolute Gasteiger partial charge is 0.238 e. The van der Waals surface area contributed by atoms with Crippen molar-refractivity contribution >= 4 is 15.9 Å². The number of carbonyl (C=O) groups is 1. The molecule has 152 valence electrons. The molecule has 0 saturated heterocycles. The molecule has 0 fully saturated rings. The zero-order valence-corrected chi connectivity index (χ0v) is 17.4. The lowest BCUT2D eigenvalue weighted by atomic mass is 9.95. The van der Waals surface area contributed by atoms with Crippen LogP contribution in [0.4, 0.5) is 0 Å². The Kier molecular flexibility index (Phi) is 7.74. The third-order valence-electron chi connectivity index (χ3n) is 4.61. The minimum atomic E-state index is -3.68. The molecule has 1 amide bonds. The van der Waals surface area contributed by atoms with Crippen LogP contribution in [0, 0.1) is 5.92 Å². The Labute approximate surface area is 167 Å². The van der Waals surface area contributed by atoms with Gasteiger partial charge in [-0.15, -0.1) is 0 Å². The summed E-state index contributed by atoms with van der Waals surface area (Å²) in [5.41, 5.74) is 2.09. The molecule has 2 aromatic carbocycles. The number of amides is 1. The highest BCUT2D eigenvalue weighted by atomic mass is 32.2. The molecule has 28 heavy (non-hydrogen) atoms. The van der Waals surface area contributed by atoms with Crippen LogP contribution in [0.2, 0.25) is 0 Å². The molecule has 2 atom stereocenters. The van der Waals surface area contributed by atoms with Crippen molar-refractivity contribution in [3.8, 4) is 0 Å². The third kappa shape index (κ3) is 6.44. The summed E-state index contributed by atoms with van der Waals surface area (Å²) in [7, 11) is -3.68. The first-order valence-electron chi connectivity index (χ1n) is 9.39. The van der Waals surface area contributed by atoms with Gasteiger partial charge in [0.15, 0.2) is 0 Å². The summed E-state index contributed by atoms with van der Waals surface area (Å²) in [6.07, 6.45) is 0.607. The van der Waals surface area contributed by atoms with Gasteiger partial charge in [-0.1, -0.05) is 56.3 Å². The molecule has 7 heteroatoms. The lowest BCUT2D eigenvalue weighted by molar-refractivity contribution is -0.123. The van der Waals surface area contributed by atoms with Crippen molar-refractivity contribution in [3.63, 3.8) is 0 Å². The Balaban J connectivity index is 1.86. The molecule has 0 saturated carbocycles. The fourth-order valence-corrected chi connectivity index (χ4v) is 3.52. The van der Waals surface area contributed by atoms with Crippen LogP contribution in [0.1, 0.15) is 37.9 Å². The van der Waals surface area contributed by atoms with Crippen molar-refractivity contribution in [2.45, 2.75) is 44.2 Å². The molecule has 0 aliphatic heterocycles. The summed E-state index contributed by atoms with van der Waals surface area (Å²) < 4.78 is 22.5. The van der Waals surface area contributed by atoms with Crippen molar-refractivity contribution < 1.29 is 13.2 Å². The number of hydrogen-bond acceptors (Lipinski definition) is 4. The maximum Gasteiger partial charge on any atom is 0.238 e. The van der Waals surface area contributed by atoms with Crippen LogP contribution in [-0.4, -0.2) is 26.9 Å². The van der Waals surface area contributed by atoms with Gasteiger partial charge in [0.25, 0.3) is 0 Å². The first kappa shape index (κ1) is 22.1. The summed E-state index contributed by atoms with van der Waals surface area (Å²) in [4.78, 5) is 12.5. The van der Waals surface area contributed by atoms with Crippen molar-refractivity contribution in [2.75, 3.05) is 6.54 Å². The summed E-state index contributed by atoms with van der Waals surface area (Å²) in [6, 6.07) is 16.2. The zero-order valence-electron chi connectivity index (χ0n) is 16.6. The van der Waals surface area contributed by atoms with E-state index in [0.717, 1.165) is 11.1 Å². The number of sulfonamides is 1. The summed E-state index contributed by atoms with van der Waals surface area (Å²) in [6.45, 7) is 6.58. The molecule has 0 aromatic heterocycles. The van der Waals surface area contributed by atoms with E-state index in [-0.39, 0.29) is 22.9 Å². The Bertz CT molecular complexity index is 866. The average Bonchev–Trinajstić information content (AvgIpc) is 2.66. The first-order valence-corrected chi connectivity index (χ1v) is 10.9. The van der Waals surface area contributed by atoms with Gasteiger partial charge in [-0.25, -0.2) is 13.6 Å². The SMILES string of the molecule is CC(C)[C@H](N[C@H](C)C(=O)NCCc1ccc(S(N)(=O)=O)cc1)c1ccccc1. The monoisotopic (exact) mass is 403 g/mol. The molecule has 0 bridgehead atoms. The number of carbonyl (C=O) groups excluding carboxylic acids is 1. The molecule has 0 heterocycles. The maximum absolute atomic E-state index is 12.4. The third-order valence-corrected chi connectivity index (χ3v) is 5.54. The molecule has 0 unspecified atom stereocenters. The Morgan fingerprint density at radius 3 is 2.14 bits per heavy atom. The highest BCUT2D eigenvalue weighted by Gasteiger charge is 2.21. The summed E-state index contributed by atoms with van der Waals surface area (Å²) in [5.74, 6) is 0.276. The van der Waals surface area contributed by atoms with E-state index in [1.807, 2.05) is 25.1 Å². The molecular formula is C21H29N3O3S. The van der Waals surface area contributed by atoms with Crippen molar-refractivity contribution in [2.24, 2.45) is 11.1 Å². The van der Waals surface area contributed by atoms with Crippen LogP contribution in [-0.2, 0) is 21.2 Å². The Morgan fingerprint density at radius 2 is 1.61 bits per heavy atom. The van der Waals surface area contributed by atoms with Crippen LogP contribution in [0.25, 0.3) is 0 Å². The predicted octanol–water partition coefficient (Wildman–Crippen LogP) is 2.37. The molecule has 0 spiro atoms. The molecular weight excluding hydrogens is 374 g/mol. The van der Waals surface area contributed by atoms with Crippen LogP contribution >= 0.6 is 0 Å². The lowest BCUT2D eigenvalue weighted by Crippen LogP contribution is -2.45. The Morgan fingerprint density at radius 1 is 1.00 bits per heavy atom. The van der Waals surface area contributed by atoms with E-state index < -0.39 is 10.0 Å². The van der Waals surface area contributed by atoms with Gasteiger partial charge in [0.05, 0.1) is 10.9 Å². The first-order chi connectivity index (χ1) is 13.2. The fourth-order valence-electron chi connectivity index (χ4n) is 3.01. The second-order valence-electron chi connectivity index (χ2n) is 7.25. The lowest BCUT2D eigenvalue weighted by Gasteiger charge is -2.26. The minimum absolute atomic E-state index is 0.0669. The highest BCUT2D eigenvalue weighted by molar-refractivity contribution is 7.89. The number of hydrogen-bond donors (Lipinski definition) is 3. The molecule has 4 N–H and O–H groups in total. The molecule has 0 aliphatic carbocycles. The standard InChI is InChI=1S/C21H29N3O3S/c1-15(2)20(18-7-5-4-6-8-18)24-16(3)21(25)23-14-13-17-9-11-19(12-10-17)28(22,26)27/h4-12,15-16,20,24H,13-14H2,1-3H3,(H,23,25)(H2,22,26,27)/t16-,20+/m1/s1. The van der Waals surface area contributed by atoms with Gasteiger partial charge in [0.1, 0.15) is 0 Å². The van der Waals surface area contributed by atoms with Crippen LogP contribution in [0.15, 0.2) is 59.5 Å². The number of nitrogens with two attached hydrogens (primary N) is 1. The van der Waals surface area contributed by atoms with Crippen molar-refractivity contribution in [1.82, 2.24) is 10.6 Å². The van der Waals surface area contributed by atoms with E-state index in [1.165, 1.54) is 12.1 Å². The van der Waals surface area contributed by atoms with E-state index in [2.05, 4.69) is 36.6 Å². The van der Waals surface area contributed by atoms with Gasteiger partial charge in [-0.3, -0.25) is 10.1 Å². The summed E-state index contributed by atoms with van der Waals surface area (Å²) in [5, 5.41) is 11.4. The average molecular weight is 404 g/mol. The molecule has 0 radical (unpaired) electrons. The molecule has 6 nitrogen and oxygen atoms in total. The van der Waals surface area contributed by atoms with Gasteiger partial charge in [0.2, 0.25) is 15.9 Å². The largest absolute Gasteiger partial charge is 0.354 e. The minimum Gasteiger partial charge on any atom is -0.354 e. The quantitative estimate of drug-likeness (QED) is 0.598. The van der Waals surface area contributed by atoms with Crippen LogP contribution in [0.3, 0.4) is 0 Å². The molecule has 0 aliphatic rings. The van der Waals surface area contributed by atoms with E-state index in [1.54, 1.807) is 12.1 Å². The van der Waals surface area contributed by atoms with Crippen molar-refractivity contribution in [1.29, 1.82) is 0 Å². The second-order valence-corrected chi connectivity index (χ2v) is 8.81. The van der Waals surface area contributed by atoms with Gasteiger partial charge in [0, 0.05) is 12.6 Å². The van der Waals surface area contributed by atoms with Gasteiger partial charge in [-0.05, 0) is 42.5 Å². The molecule has 2 rings (SSSR count). The number of rotatable bonds is 9. The normalized spacial score (nSPS) is 13.9. The van der Waals surface area contributed by atoms with Crippen LogP contribution in [0.5, 0.6) is 0 Å². The second kappa shape index (κ2) is 9.82. The zero-order chi connectivity index (χ0) is 20.7. The predicted molar refractivity (Wildman–Crippen MR) is 111 cm³/mol. The number of nitrogens with one attached hydrogen (secondary N) is 2. The van der Waals surface area contributed by atoms with E-state index in [9.17, 15) is 13.2 Å². The maximum atomic E-state index is 12.4. The van der Waals surface area contributed by atoms with Crippen LogP contribution < -0.4 is 15.8 Å². The van der Waals surface area contributed by atoms with E-state index in [0.29, 0.717) is 18.9 Å². The van der Waals surface area contributed by atoms with Gasteiger partial charge < -0.3 is 5.32 Å². The number of primary sulfonamides is 1. The Hall–Kier alpha value is -2.22. The fraction of sp³-hybridized carbons (Fsp3) is 0.381. The van der Waals surface area contributed by atoms with Gasteiger partial charge in [-0.2, -0.15) is 0 Å². The number of benzene rings is 2. The highest BCUT2D eigenvalue weighted by Crippen LogP contribution is 2.21. The van der Waals surface area contributed by atoms with Crippen molar-refractivity contribution in [3.05, 3.63) is 65.7 Å². The van der Waals surface area contributed by atoms with E-state index >= 15 is 0 Å². The van der Waals surface area contributed by atoms with Gasteiger partial charge >= 0.3 is 0 Å². The van der Waals surface area contributed by atoms with E-state index in [4.69, 9.17) is 5.14 Å².